The highest BCUT2D eigenvalue weighted by atomic mass is 16.3. The fourth-order valence-corrected chi connectivity index (χ4v) is 2.82. The van der Waals surface area contributed by atoms with Crippen molar-refractivity contribution >= 4 is 17.1 Å². The Kier molecular flexibility index (Phi) is 7.32. The van der Waals surface area contributed by atoms with Crippen LogP contribution in [0.25, 0.3) is 5.57 Å². The van der Waals surface area contributed by atoms with E-state index in [4.69, 9.17) is 11.5 Å². The van der Waals surface area contributed by atoms with Crippen molar-refractivity contribution in [2.75, 3.05) is 12.3 Å². The largest absolute Gasteiger partial charge is 0.504 e. The lowest BCUT2D eigenvalue weighted by atomic mass is 9.90. The molecule has 7 heteroatoms. The maximum Gasteiger partial charge on any atom is 0.159 e. The molecule has 0 aliphatic rings. The summed E-state index contributed by atoms with van der Waals surface area (Å²) in [7, 11) is 0. The molecule has 26 heavy (non-hydrogen) atoms. The maximum atomic E-state index is 9.91. The molecule has 1 aromatic carbocycles. The first kappa shape index (κ1) is 21.2. The molecule has 0 heterocycles. The van der Waals surface area contributed by atoms with Gasteiger partial charge >= 0.3 is 0 Å². The quantitative estimate of drug-likeness (QED) is 0.203. The zero-order chi connectivity index (χ0) is 20.0. The number of benzene rings is 1. The van der Waals surface area contributed by atoms with E-state index in [1.54, 1.807) is 0 Å². The number of aliphatic imine (C=N–C) groups is 1. The van der Waals surface area contributed by atoms with Crippen LogP contribution in [-0.4, -0.2) is 39.6 Å². The summed E-state index contributed by atoms with van der Waals surface area (Å²) < 4.78 is 0. The van der Waals surface area contributed by atoms with Gasteiger partial charge in [0.05, 0.1) is 6.07 Å². The molecule has 1 aromatic rings. The number of hydrogen-bond donors (Lipinski definition) is 4. The second-order valence-corrected chi connectivity index (χ2v) is 6.57. The number of aromatic hydroxyl groups is 2. The second-order valence-electron chi connectivity index (χ2n) is 6.57. The molecule has 1 unspecified atom stereocenters. The number of nitrogen functional groups attached to an aromatic ring is 1. The number of amidine groups is 1. The van der Waals surface area contributed by atoms with Crippen molar-refractivity contribution in [3.63, 3.8) is 0 Å². The molecule has 0 aromatic heterocycles. The number of nitrogens with zero attached hydrogens (tertiary/aromatic N) is 3. The Labute approximate surface area is 155 Å². The molecule has 0 spiro atoms. The van der Waals surface area contributed by atoms with Crippen LogP contribution in [0.4, 0.5) is 5.69 Å². The average Bonchev–Trinajstić information content (AvgIpc) is 2.55. The van der Waals surface area contributed by atoms with Crippen LogP contribution in [0.3, 0.4) is 0 Å². The number of rotatable bonds is 6. The third-order valence-electron chi connectivity index (χ3n) is 3.98. The van der Waals surface area contributed by atoms with E-state index in [2.05, 4.69) is 11.1 Å². The van der Waals surface area contributed by atoms with Gasteiger partial charge in [0.2, 0.25) is 0 Å². The Bertz CT molecular complexity index is 732. The topological polar surface area (TPSA) is 132 Å². The van der Waals surface area contributed by atoms with Gasteiger partial charge in [-0.25, -0.2) is 0 Å². The standard InChI is InChI=1S/C19H29N5O2/c1-6-24(12(4)5)19(23-11(2)3)15(10-21)14(9-20)13-7-17(25)18(26)8-16(13)22/h7-9,11-12,15,25-26H,6,20,22H2,1-5H3/b14-9+,23-19?. The van der Waals surface area contributed by atoms with E-state index in [1.165, 1.54) is 18.3 Å². The highest BCUT2D eigenvalue weighted by molar-refractivity contribution is 6.00. The molecule has 0 saturated carbocycles. The summed E-state index contributed by atoms with van der Waals surface area (Å²) in [5.74, 6) is -0.826. The van der Waals surface area contributed by atoms with Crippen molar-refractivity contribution in [1.82, 2.24) is 4.90 Å². The lowest BCUT2D eigenvalue weighted by Gasteiger charge is -2.32. The summed E-state index contributed by atoms with van der Waals surface area (Å²) in [6.07, 6.45) is 1.31. The Balaban J connectivity index is 3.58. The van der Waals surface area contributed by atoms with E-state index in [-0.39, 0.29) is 29.3 Å². The minimum Gasteiger partial charge on any atom is -0.504 e. The van der Waals surface area contributed by atoms with Crippen LogP contribution in [0.2, 0.25) is 0 Å². The van der Waals surface area contributed by atoms with Gasteiger partial charge in [0, 0.05) is 41.5 Å². The molecule has 7 nitrogen and oxygen atoms in total. The molecule has 0 aliphatic carbocycles. The van der Waals surface area contributed by atoms with Gasteiger partial charge in [-0.3, -0.25) is 4.99 Å². The highest BCUT2D eigenvalue weighted by Crippen LogP contribution is 2.36. The van der Waals surface area contributed by atoms with Crippen molar-refractivity contribution in [2.24, 2.45) is 16.6 Å². The van der Waals surface area contributed by atoms with E-state index in [1.807, 2.05) is 39.5 Å². The zero-order valence-electron chi connectivity index (χ0n) is 16.1. The molecular weight excluding hydrogens is 330 g/mol. The van der Waals surface area contributed by atoms with Crippen molar-refractivity contribution in [2.45, 2.75) is 46.7 Å². The van der Waals surface area contributed by atoms with Gasteiger partial charge in [-0.15, -0.1) is 0 Å². The maximum absolute atomic E-state index is 9.91. The molecule has 142 valence electrons. The van der Waals surface area contributed by atoms with Gasteiger partial charge in [0.25, 0.3) is 0 Å². The Morgan fingerprint density at radius 3 is 2.27 bits per heavy atom. The van der Waals surface area contributed by atoms with Gasteiger partial charge in [0.15, 0.2) is 11.5 Å². The number of hydrogen-bond acceptors (Lipinski definition) is 6. The summed E-state index contributed by atoms with van der Waals surface area (Å²) in [6, 6.07) is 4.94. The molecule has 0 saturated heterocycles. The molecule has 1 atom stereocenters. The predicted octanol–water partition coefficient (Wildman–Crippen LogP) is 2.66. The minimum absolute atomic E-state index is 0.0155. The van der Waals surface area contributed by atoms with Gasteiger partial charge in [-0.05, 0) is 46.9 Å². The summed E-state index contributed by atoms with van der Waals surface area (Å²) in [6.45, 7) is 10.6. The third kappa shape index (κ3) is 4.60. The summed E-state index contributed by atoms with van der Waals surface area (Å²) in [5, 5.41) is 29.4. The lowest BCUT2D eigenvalue weighted by molar-refractivity contribution is 0.355. The smallest absolute Gasteiger partial charge is 0.159 e. The number of anilines is 1. The van der Waals surface area contributed by atoms with E-state index < -0.39 is 5.92 Å². The van der Waals surface area contributed by atoms with Crippen LogP contribution < -0.4 is 11.5 Å². The molecule has 6 N–H and O–H groups in total. The molecule has 1 rings (SSSR count). The number of nitriles is 1. The normalized spacial score (nSPS) is 13.8. The third-order valence-corrected chi connectivity index (χ3v) is 3.98. The number of phenols is 2. The highest BCUT2D eigenvalue weighted by Gasteiger charge is 2.29. The summed E-state index contributed by atoms with van der Waals surface area (Å²) >= 11 is 0. The summed E-state index contributed by atoms with van der Waals surface area (Å²) in [5.41, 5.74) is 12.9. The monoisotopic (exact) mass is 359 g/mol. The fourth-order valence-electron chi connectivity index (χ4n) is 2.82. The Morgan fingerprint density at radius 2 is 1.85 bits per heavy atom. The van der Waals surface area contributed by atoms with Crippen LogP contribution in [0.15, 0.2) is 23.3 Å². The number of phenolic OH excluding ortho intramolecular Hbond substituents is 2. The van der Waals surface area contributed by atoms with Crippen LogP contribution in [-0.2, 0) is 0 Å². The Hall–Kier alpha value is -2.88. The van der Waals surface area contributed by atoms with E-state index in [9.17, 15) is 15.5 Å². The molecular formula is C19H29N5O2. The molecule has 0 amide bonds. The Morgan fingerprint density at radius 1 is 1.27 bits per heavy atom. The van der Waals surface area contributed by atoms with Crippen molar-refractivity contribution < 1.29 is 10.2 Å². The van der Waals surface area contributed by atoms with Gasteiger partial charge in [-0.1, -0.05) is 0 Å². The van der Waals surface area contributed by atoms with Crippen LogP contribution in [0, 0.1) is 17.2 Å². The van der Waals surface area contributed by atoms with Crippen LogP contribution in [0.1, 0.15) is 40.2 Å². The van der Waals surface area contributed by atoms with Crippen LogP contribution >= 0.6 is 0 Å². The first-order chi connectivity index (χ1) is 12.2. The van der Waals surface area contributed by atoms with Gasteiger partial charge in [-0.2, -0.15) is 5.26 Å². The van der Waals surface area contributed by atoms with Gasteiger partial charge in [0.1, 0.15) is 11.8 Å². The zero-order valence-corrected chi connectivity index (χ0v) is 16.1. The van der Waals surface area contributed by atoms with Crippen LogP contribution in [0.5, 0.6) is 11.5 Å². The predicted molar refractivity (Wildman–Crippen MR) is 106 cm³/mol. The summed E-state index contributed by atoms with van der Waals surface area (Å²) in [4.78, 5) is 6.71. The first-order valence-electron chi connectivity index (χ1n) is 8.65. The first-order valence-corrected chi connectivity index (χ1v) is 8.65. The lowest BCUT2D eigenvalue weighted by Crippen LogP contribution is -2.41. The molecule has 0 radical (unpaired) electrons. The molecule has 0 aliphatic heterocycles. The molecule has 0 fully saturated rings. The van der Waals surface area contributed by atoms with Crippen molar-refractivity contribution in [1.29, 1.82) is 5.26 Å². The average molecular weight is 359 g/mol. The van der Waals surface area contributed by atoms with E-state index >= 15 is 0 Å². The fraction of sp³-hybridized carbons (Fsp3) is 0.474. The van der Waals surface area contributed by atoms with Crippen molar-refractivity contribution in [3.05, 3.63) is 23.9 Å². The molecule has 0 bridgehead atoms. The second kappa shape index (κ2) is 8.99. The van der Waals surface area contributed by atoms with E-state index in [0.29, 0.717) is 23.5 Å². The van der Waals surface area contributed by atoms with E-state index in [0.717, 1.165) is 0 Å². The number of nitrogens with two attached hydrogens (primary N) is 2. The minimum atomic E-state index is -0.768. The van der Waals surface area contributed by atoms with Gasteiger partial charge < -0.3 is 26.6 Å². The van der Waals surface area contributed by atoms with Crippen molar-refractivity contribution in [3.8, 4) is 17.6 Å². The SMILES string of the molecule is CCN(C(=NC(C)C)C(C#N)/C(=C/N)c1cc(O)c(O)cc1N)C(C)C.